The fourth-order valence-corrected chi connectivity index (χ4v) is 2.67. The zero-order chi connectivity index (χ0) is 18.3. The zero-order valence-corrected chi connectivity index (χ0v) is 18.5. The first-order valence-electron chi connectivity index (χ1n) is 10.4. The van der Waals surface area contributed by atoms with Gasteiger partial charge in [-0.2, -0.15) is 0 Å². The summed E-state index contributed by atoms with van der Waals surface area (Å²) in [7, 11) is 0. The summed E-state index contributed by atoms with van der Waals surface area (Å²) in [5, 5.41) is 0. The van der Waals surface area contributed by atoms with E-state index in [0.717, 1.165) is 6.42 Å². The van der Waals surface area contributed by atoms with Crippen molar-refractivity contribution in [2.24, 2.45) is 17.2 Å². The highest BCUT2D eigenvalue weighted by atomic mass is 35.5. The third-order valence-corrected chi connectivity index (χ3v) is 4.19. The fourth-order valence-electron chi connectivity index (χ4n) is 2.67. The molecule has 0 aliphatic carbocycles. The zero-order valence-electron chi connectivity index (χ0n) is 17.7. The van der Waals surface area contributed by atoms with Gasteiger partial charge in [0, 0.05) is 19.5 Å². The number of amides is 1. The van der Waals surface area contributed by atoms with Crippen molar-refractivity contribution in [2.75, 3.05) is 13.1 Å². The van der Waals surface area contributed by atoms with Crippen molar-refractivity contribution in [1.82, 2.24) is 6.15 Å². The van der Waals surface area contributed by atoms with Crippen LogP contribution >= 0.6 is 0 Å². The molecule has 0 unspecified atom stereocenters. The molecule has 26 heavy (non-hydrogen) atoms. The van der Waals surface area contributed by atoms with Crippen molar-refractivity contribution in [3.8, 4) is 0 Å². The van der Waals surface area contributed by atoms with Gasteiger partial charge in [0.1, 0.15) is 0 Å². The molecule has 0 heterocycles. The number of carbonyl (C=O) groups excluding carboxylic acids is 1. The molecular formula is C20H49ClN4O. The van der Waals surface area contributed by atoms with Crippen LogP contribution in [0.25, 0.3) is 0 Å². The highest BCUT2D eigenvalue weighted by molar-refractivity contribution is 5.73. The number of hydrogen-bond acceptors (Lipinski definition) is 3. The first kappa shape index (κ1) is 33.2. The lowest BCUT2D eigenvalue weighted by Crippen LogP contribution is -3.00. The Morgan fingerprint density at radius 1 is 0.615 bits per heavy atom. The summed E-state index contributed by atoms with van der Waals surface area (Å²) in [6.07, 6.45) is 20.9. The summed E-state index contributed by atoms with van der Waals surface area (Å²) in [5.41, 5.74) is 14.9. The Balaban J connectivity index is -0.000000363. The maximum atomic E-state index is 10.6. The molecular weight excluding hydrogens is 348 g/mol. The van der Waals surface area contributed by atoms with Gasteiger partial charge in [-0.1, -0.05) is 96.8 Å². The van der Waals surface area contributed by atoms with E-state index in [1.165, 1.54) is 89.9 Å². The van der Waals surface area contributed by atoms with Crippen molar-refractivity contribution in [3.63, 3.8) is 0 Å². The number of hydrogen-bond donors (Lipinski definition) is 4. The molecule has 6 heteroatoms. The smallest absolute Gasteiger partial charge is 0.217 e. The summed E-state index contributed by atoms with van der Waals surface area (Å²) < 4.78 is 0. The second-order valence-corrected chi connectivity index (χ2v) is 6.74. The van der Waals surface area contributed by atoms with Crippen LogP contribution < -0.4 is 35.8 Å². The number of halogens is 1. The summed E-state index contributed by atoms with van der Waals surface area (Å²) >= 11 is 0. The second-order valence-electron chi connectivity index (χ2n) is 6.74. The molecule has 10 N–H and O–H groups in total. The van der Waals surface area contributed by atoms with Gasteiger partial charge in [-0.25, -0.2) is 0 Å². The standard InChI is InChI=1S/C18H37NO.C2H8N2.ClH.H3N/c1-2-3-4-5-6-7-8-9-10-11-12-13-14-15-16-17-18(19)20;3-1-2-4;;/h2-17H2,1H3,(H2,19,20);1-4H2;1H;1H3. The highest BCUT2D eigenvalue weighted by Crippen LogP contribution is 2.13. The SMILES string of the molecule is CCCCCCCCCCCCCCCCCC(N)=O.NCCN.[Cl-].[NH4+]. The van der Waals surface area contributed by atoms with Crippen LogP contribution in [0.5, 0.6) is 0 Å². The van der Waals surface area contributed by atoms with E-state index < -0.39 is 0 Å². The van der Waals surface area contributed by atoms with Crippen LogP contribution in [-0.2, 0) is 4.79 Å². The van der Waals surface area contributed by atoms with Gasteiger partial charge in [-0.3, -0.25) is 4.79 Å². The van der Waals surface area contributed by atoms with Crippen molar-refractivity contribution in [2.45, 2.75) is 110 Å². The van der Waals surface area contributed by atoms with E-state index in [2.05, 4.69) is 6.92 Å². The van der Waals surface area contributed by atoms with Crippen LogP contribution in [-0.4, -0.2) is 19.0 Å². The Kier molecular flexibility index (Phi) is 41.3. The number of carbonyl (C=O) groups is 1. The normalized spacial score (nSPS) is 9.50. The third-order valence-electron chi connectivity index (χ3n) is 4.19. The van der Waals surface area contributed by atoms with Gasteiger partial charge in [-0.15, -0.1) is 0 Å². The van der Waals surface area contributed by atoms with Gasteiger partial charge in [-0.05, 0) is 6.42 Å². The number of rotatable bonds is 17. The molecule has 0 spiro atoms. The Morgan fingerprint density at radius 2 is 0.885 bits per heavy atom. The maximum absolute atomic E-state index is 10.6. The van der Waals surface area contributed by atoms with E-state index in [1.54, 1.807) is 0 Å². The molecule has 0 aliphatic rings. The Hall–Kier alpha value is -0.360. The molecule has 0 radical (unpaired) electrons. The first-order valence-corrected chi connectivity index (χ1v) is 10.4. The predicted molar refractivity (Wildman–Crippen MR) is 113 cm³/mol. The van der Waals surface area contributed by atoms with Gasteiger partial charge in [0.15, 0.2) is 0 Å². The minimum absolute atomic E-state index is 0. The first-order chi connectivity index (χ1) is 11.7. The molecule has 5 nitrogen and oxygen atoms in total. The summed E-state index contributed by atoms with van der Waals surface area (Å²) in [5.74, 6) is -0.153. The van der Waals surface area contributed by atoms with Crippen LogP contribution in [0.2, 0.25) is 0 Å². The van der Waals surface area contributed by atoms with Crippen molar-refractivity contribution in [1.29, 1.82) is 0 Å². The number of primary amides is 1. The topological polar surface area (TPSA) is 132 Å². The van der Waals surface area contributed by atoms with E-state index in [4.69, 9.17) is 17.2 Å². The molecule has 0 fully saturated rings. The minimum Gasteiger partial charge on any atom is -1.00 e. The van der Waals surface area contributed by atoms with Crippen LogP contribution in [0.1, 0.15) is 110 Å². The quantitative estimate of drug-likeness (QED) is 0.280. The number of quaternary nitrogens is 1. The fraction of sp³-hybridized carbons (Fsp3) is 0.950. The lowest BCUT2D eigenvalue weighted by molar-refractivity contribution is -0.118. The van der Waals surface area contributed by atoms with Crippen LogP contribution in [0.3, 0.4) is 0 Å². The van der Waals surface area contributed by atoms with Crippen molar-refractivity contribution in [3.05, 3.63) is 0 Å². The van der Waals surface area contributed by atoms with Crippen LogP contribution in [0.4, 0.5) is 0 Å². The van der Waals surface area contributed by atoms with Crippen molar-refractivity contribution < 1.29 is 17.2 Å². The lowest BCUT2D eigenvalue weighted by atomic mass is 10.0. The van der Waals surface area contributed by atoms with E-state index in [0.29, 0.717) is 19.5 Å². The number of nitrogens with two attached hydrogens (primary N) is 3. The van der Waals surface area contributed by atoms with Gasteiger partial charge in [0.25, 0.3) is 0 Å². The van der Waals surface area contributed by atoms with E-state index >= 15 is 0 Å². The maximum Gasteiger partial charge on any atom is 0.217 e. The molecule has 0 saturated heterocycles. The molecule has 0 aromatic heterocycles. The largest absolute Gasteiger partial charge is 1.00 e. The average Bonchev–Trinajstić information content (AvgIpc) is 2.58. The van der Waals surface area contributed by atoms with Gasteiger partial charge in [0.05, 0.1) is 0 Å². The molecule has 162 valence electrons. The molecule has 0 bridgehead atoms. The number of unbranched alkanes of at least 4 members (excludes halogenated alkanes) is 14. The summed E-state index contributed by atoms with van der Waals surface area (Å²) in [6, 6.07) is 0. The Morgan fingerprint density at radius 3 is 1.12 bits per heavy atom. The molecule has 0 rings (SSSR count). The van der Waals surface area contributed by atoms with Crippen LogP contribution in [0.15, 0.2) is 0 Å². The predicted octanol–water partition coefficient (Wildman–Crippen LogP) is 2.02. The van der Waals surface area contributed by atoms with Crippen LogP contribution in [0, 0.1) is 0 Å². The van der Waals surface area contributed by atoms with E-state index in [9.17, 15) is 4.79 Å². The molecule has 0 aromatic rings. The Labute approximate surface area is 169 Å². The molecule has 0 aromatic carbocycles. The monoisotopic (exact) mass is 396 g/mol. The van der Waals surface area contributed by atoms with Gasteiger partial charge < -0.3 is 35.8 Å². The molecule has 0 atom stereocenters. The highest BCUT2D eigenvalue weighted by Gasteiger charge is 1.96. The van der Waals surface area contributed by atoms with E-state index in [1.807, 2.05) is 0 Å². The Bertz CT molecular complexity index is 242. The third kappa shape index (κ3) is 38.9. The molecule has 0 saturated carbocycles. The van der Waals surface area contributed by atoms with Crippen molar-refractivity contribution >= 4 is 5.91 Å². The lowest BCUT2D eigenvalue weighted by Gasteiger charge is -2.03. The summed E-state index contributed by atoms with van der Waals surface area (Å²) in [4.78, 5) is 10.6. The minimum atomic E-state index is -0.153. The second kappa shape index (κ2) is 32.3. The molecule has 0 aliphatic heterocycles. The van der Waals surface area contributed by atoms with Gasteiger partial charge in [0.2, 0.25) is 5.91 Å². The van der Waals surface area contributed by atoms with Gasteiger partial charge >= 0.3 is 0 Å². The average molecular weight is 397 g/mol. The molecule has 1 amide bonds. The van der Waals surface area contributed by atoms with E-state index in [-0.39, 0.29) is 24.5 Å². The summed E-state index contributed by atoms with van der Waals surface area (Å²) in [6.45, 7) is 3.47.